The molecule has 0 aromatic rings. The Morgan fingerprint density at radius 1 is 0.900 bits per heavy atom. The molecule has 1 heteroatoms. The van der Waals surface area contributed by atoms with Gasteiger partial charge in [0.15, 0.2) is 0 Å². The van der Waals surface area contributed by atoms with Crippen LogP contribution in [-0.2, 0) is 0 Å². The van der Waals surface area contributed by atoms with Gasteiger partial charge in [-0.2, -0.15) is 0 Å². The summed E-state index contributed by atoms with van der Waals surface area (Å²) in [5.74, 6) is 2.43. The lowest BCUT2D eigenvalue weighted by Crippen LogP contribution is -2.13. The van der Waals surface area contributed by atoms with Crippen molar-refractivity contribution < 1.29 is 0 Å². The van der Waals surface area contributed by atoms with Crippen molar-refractivity contribution in [1.82, 2.24) is 0 Å². The molecule has 0 aliphatic heterocycles. The maximum absolute atomic E-state index is 5.82. The first kappa shape index (κ1) is 10.3. The summed E-state index contributed by atoms with van der Waals surface area (Å²) in [7, 11) is 0. The quantitative estimate of drug-likeness (QED) is 0.541. The zero-order chi connectivity index (χ0) is 7.98. The zero-order valence-electron chi connectivity index (χ0n) is 7.36. The summed E-state index contributed by atoms with van der Waals surface area (Å²) in [5, 5.41) is 0. The summed E-state index contributed by atoms with van der Waals surface area (Å²) < 4.78 is 0. The summed E-state index contributed by atoms with van der Waals surface area (Å²) >= 11 is 5.82. The van der Waals surface area contributed by atoms with Gasteiger partial charge in [0.05, 0.1) is 0 Å². The number of hydrogen-bond donors (Lipinski definition) is 0. The lowest BCUT2D eigenvalue weighted by Gasteiger charge is -2.21. The third-order valence-corrected chi connectivity index (χ3v) is 2.83. The van der Waals surface area contributed by atoms with Gasteiger partial charge in [0.1, 0.15) is 0 Å². The van der Waals surface area contributed by atoms with E-state index in [1.54, 1.807) is 0 Å². The molecule has 0 N–H and O–H groups in total. The van der Waals surface area contributed by atoms with Crippen molar-refractivity contribution in [2.24, 2.45) is 11.8 Å². The highest BCUT2D eigenvalue weighted by atomic mass is 35.5. The van der Waals surface area contributed by atoms with Gasteiger partial charge >= 0.3 is 0 Å². The lowest BCUT2D eigenvalue weighted by atomic mass is 9.87. The van der Waals surface area contributed by atoms with E-state index in [-0.39, 0.29) is 0 Å². The summed E-state index contributed by atoms with van der Waals surface area (Å²) in [4.78, 5) is 0. The Hall–Kier alpha value is 0.290. The fourth-order valence-corrected chi connectivity index (χ4v) is 1.99. The van der Waals surface area contributed by atoms with Gasteiger partial charge in [-0.25, -0.2) is 0 Å². The largest absolute Gasteiger partial charge is 0.126 e. The molecule has 10 heavy (non-hydrogen) atoms. The molecule has 1 unspecified atom stereocenters. The van der Waals surface area contributed by atoms with Gasteiger partial charge in [0, 0.05) is 5.88 Å². The SMILES string of the molecule is CCC(CC)C(CC)CCl. The maximum Gasteiger partial charge on any atom is 0.0254 e. The smallest absolute Gasteiger partial charge is 0.0254 e. The van der Waals surface area contributed by atoms with Gasteiger partial charge in [0.2, 0.25) is 0 Å². The van der Waals surface area contributed by atoms with E-state index in [1.807, 2.05) is 0 Å². The average molecular weight is 163 g/mol. The molecule has 0 aromatic carbocycles. The molecule has 0 saturated heterocycles. The van der Waals surface area contributed by atoms with Crippen molar-refractivity contribution >= 4 is 11.6 Å². The molecule has 0 bridgehead atoms. The molecular weight excluding hydrogens is 144 g/mol. The van der Waals surface area contributed by atoms with Gasteiger partial charge in [-0.05, 0) is 11.8 Å². The summed E-state index contributed by atoms with van der Waals surface area (Å²) in [6.07, 6.45) is 3.79. The predicted octanol–water partition coefficient (Wildman–Crippen LogP) is 3.69. The normalized spacial score (nSPS) is 14.1. The standard InChI is InChI=1S/C9H19Cl/c1-4-8(5-2)9(6-3)7-10/h8-9H,4-7H2,1-3H3. The summed E-state index contributed by atoms with van der Waals surface area (Å²) in [6.45, 7) is 6.73. The topological polar surface area (TPSA) is 0 Å². The Labute approximate surface area is 70.0 Å². The van der Waals surface area contributed by atoms with Crippen molar-refractivity contribution in [3.8, 4) is 0 Å². The van der Waals surface area contributed by atoms with Crippen molar-refractivity contribution in [3.05, 3.63) is 0 Å². The third kappa shape index (κ3) is 2.92. The first-order valence-electron chi connectivity index (χ1n) is 4.35. The van der Waals surface area contributed by atoms with Gasteiger partial charge in [-0.3, -0.25) is 0 Å². The Kier molecular flexibility index (Phi) is 6.20. The predicted molar refractivity (Wildman–Crippen MR) is 48.6 cm³/mol. The fraction of sp³-hybridized carbons (Fsp3) is 1.00. The number of rotatable bonds is 5. The molecule has 1 atom stereocenters. The average Bonchev–Trinajstić information content (AvgIpc) is 2.00. The molecule has 62 valence electrons. The molecule has 0 rings (SSSR count). The van der Waals surface area contributed by atoms with Gasteiger partial charge in [-0.15, -0.1) is 11.6 Å². The van der Waals surface area contributed by atoms with E-state index in [2.05, 4.69) is 20.8 Å². The Bertz CT molecular complexity index is 53.1. The van der Waals surface area contributed by atoms with Crippen LogP contribution in [0.3, 0.4) is 0 Å². The van der Waals surface area contributed by atoms with E-state index in [0.717, 1.165) is 17.7 Å². The second-order valence-electron chi connectivity index (χ2n) is 2.90. The molecule has 0 fully saturated rings. The van der Waals surface area contributed by atoms with Gasteiger partial charge in [0.25, 0.3) is 0 Å². The molecular formula is C9H19Cl. The van der Waals surface area contributed by atoms with Crippen LogP contribution < -0.4 is 0 Å². The first-order valence-corrected chi connectivity index (χ1v) is 4.89. The minimum absolute atomic E-state index is 0.747. The van der Waals surface area contributed by atoms with E-state index in [0.29, 0.717) is 0 Å². The second kappa shape index (κ2) is 6.03. The molecule has 0 aromatic heterocycles. The zero-order valence-corrected chi connectivity index (χ0v) is 8.12. The Morgan fingerprint density at radius 2 is 1.30 bits per heavy atom. The van der Waals surface area contributed by atoms with Gasteiger partial charge in [-0.1, -0.05) is 40.0 Å². The van der Waals surface area contributed by atoms with Gasteiger partial charge < -0.3 is 0 Å². The van der Waals surface area contributed by atoms with Crippen LogP contribution in [0, 0.1) is 11.8 Å². The van der Waals surface area contributed by atoms with Crippen LogP contribution >= 0.6 is 11.6 Å². The third-order valence-electron chi connectivity index (χ3n) is 2.44. The summed E-state index contributed by atoms with van der Waals surface area (Å²) in [6, 6.07) is 0. The van der Waals surface area contributed by atoms with Crippen LogP contribution in [0.5, 0.6) is 0 Å². The van der Waals surface area contributed by atoms with Crippen LogP contribution in [-0.4, -0.2) is 5.88 Å². The molecule has 0 saturated carbocycles. The molecule has 0 amide bonds. The highest BCUT2D eigenvalue weighted by Gasteiger charge is 2.14. The molecule has 0 spiro atoms. The van der Waals surface area contributed by atoms with Crippen LogP contribution in [0.4, 0.5) is 0 Å². The number of alkyl halides is 1. The van der Waals surface area contributed by atoms with Crippen molar-refractivity contribution in [1.29, 1.82) is 0 Å². The number of halogens is 1. The van der Waals surface area contributed by atoms with E-state index in [4.69, 9.17) is 11.6 Å². The minimum atomic E-state index is 0.747. The van der Waals surface area contributed by atoms with E-state index >= 15 is 0 Å². The molecule has 0 aliphatic rings. The van der Waals surface area contributed by atoms with Crippen LogP contribution in [0.25, 0.3) is 0 Å². The first-order chi connectivity index (χ1) is 4.79. The van der Waals surface area contributed by atoms with Crippen molar-refractivity contribution in [3.63, 3.8) is 0 Å². The van der Waals surface area contributed by atoms with Crippen molar-refractivity contribution in [2.75, 3.05) is 5.88 Å². The van der Waals surface area contributed by atoms with E-state index in [9.17, 15) is 0 Å². The number of hydrogen-bond acceptors (Lipinski definition) is 0. The lowest BCUT2D eigenvalue weighted by molar-refractivity contribution is 0.332. The maximum atomic E-state index is 5.82. The van der Waals surface area contributed by atoms with E-state index in [1.165, 1.54) is 19.3 Å². The molecule has 0 nitrogen and oxygen atoms in total. The molecule has 0 heterocycles. The Morgan fingerprint density at radius 3 is 1.40 bits per heavy atom. The van der Waals surface area contributed by atoms with E-state index < -0.39 is 0 Å². The van der Waals surface area contributed by atoms with Crippen LogP contribution in [0.2, 0.25) is 0 Å². The molecule has 0 aliphatic carbocycles. The Balaban J connectivity index is 3.70. The fourth-order valence-electron chi connectivity index (χ4n) is 1.52. The van der Waals surface area contributed by atoms with Crippen LogP contribution in [0.1, 0.15) is 40.0 Å². The highest BCUT2D eigenvalue weighted by Crippen LogP contribution is 2.23. The second-order valence-corrected chi connectivity index (χ2v) is 3.21. The van der Waals surface area contributed by atoms with Crippen molar-refractivity contribution in [2.45, 2.75) is 40.0 Å². The molecule has 0 radical (unpaired) electrons. The minimum Gasteiger partial charge on any atom is -0.126 e. The summed E-state index contributed by atoms with van der Waals surface area (Å²) in [5.41, 5.74) is 0. The monoisotopic (exact) mass is 162 g/mol. The van der Waals surface area contributed by atoms with Crippen LogP contribution in [0.15, 0.2) is 0 Å². The highest BCUT2D eigenvalue weighted by molar-refractivity contribution is 6.18.